The number of rotatable bonds is 6. The van der Waals surface area contributed by atoms with Crippen molar-refractivity contribution in [1.82, 2.24) is 9.13 Å². The lowest BCUT2D eigenvalue weighted by molar-refractivity contribution is 1.18. The van der Waals surface area contributed by atoms with Crippen LogP contribution in [0.25, 0.3) is 75.2 Å². The minimum Gasteiger partial charge on any atom is -0.309 e. The molecule has 0 bridgehead atoms. The van der Waals surface area contributed by atoms with Gasteiger partial charge in [0.25, 0.3) is 0 Å². The summed E-state index contributed by atoms with van der Waals surface area (Å²) in [5.41, 5.74) is 4.58. The van der Waals surface area contributed by atoms with Gasteiger partial charge in [0, 0.05) is 42.7 Å². The third-order valence-electron chi connectivity index (χ3n) is 11.6. The highest BCUT2D eigenvalue weighted by atomic mass is 32.1. The fourth-order valence-corrected chi connectivity index (χ4v) is 14.6. The zero-order chi connectivity index (χ0) is 46.0. The molecule has 0 saturated carbocycles. The van der Waals surface area contributed by atoms with Crippen LogP contribution < -0.4 is 20.7 Å². The Kier molecular flexibility index (Phi) is 5.69. The van der Waals surface area contributed by atoms with Crippen LogP contribution in [0.15, 0.2) is 218 Å². The van der Waals surface area contributed by atoms with Crippen LogP contribution in [0.1, 0.15) is 12.3 Å². The fraction of sp³-hybridized carbons (Fsp3) is 0. The third kappa shape index (κ3) is 4.70. The molecule has 9 aromatic carbocycles. The summed E-state index contributed by atoms with van der Waals surface area (Å²) in [6.45, 7) is 0. The molecule has 12 rings (SSSR count). The summed E-state index contributed by atoms with van der Waals surface area (Å²) in [6.07, 6.45) is 0. The summed E-state index contributed by atoms with van der Waals surface area (Å²) < 4.78 is 92.1. The van der Waals surface area contributed by atoms with E-state index in [4.69, 9.17) is 4.11 Å². The molecule has 0 fully saturated rings. The van der Waals surface area contributed by atoms with Gasteiger partial charge in [-0.05, 0) is 63.2 Å². The van der Waals surface area contributed by atoms with Crippen molar-refractivity contribution in [3.63, 3.8) is 0 Å². The Balaban J connectivity index is 1.30. The van der Waals surface area contributed by atoms with Crippen molar-refractivity contribution in [3.05, 3.63) is 218 Å². The maximum atomic E-state index is 10.7. The van der Waals surface area contributed by atoms with Crippen LogP contribution in [0.3, 0.4) is 0 Å². The van der Waals surface area contributed by atoms with Crippen LogP contribution in [0.2, 0.25) is 0 Å². The number of thiophene rings is 1. The molecule has 0 radical (unpaired) electrons. The second-order valence-corrected chi connectivity index (χ2v) is 19.2. The lowest BCUT2D eigenvalue weighted by Crippen LogP contribution is -2.74. The average molecular weight is 782 g/mol. The van der Waals surface area contributed by atoms with Gasteiger partial charge >= 0.3 is 0 Å². The van der Waals surface area contributed by atoms with Crippen LogP contribution in [0.5, 0.6) is 0 Å². The second-order valence-electron chi connectivity index (χ2n) is 14.5. The van der Waals surface area contributed by atoms with E-state index in [9.17, 15) is 8.22 Å². The van der Waals surface area contributed by atoms with Gasteiger partial charge in [-0.25, -0.2) is 0 Å². The minimum atomic E-state index is -4.37. The van der Waals surface area contributed by atoms with Gasteiger partial charge in [0.1, 0.15) is 0 Å². The van der Waals surface area contributed by atoms with Gasteiger partial charge in [-0.2, -0.15) is 0 Å². The highest BCUT2D eigenvalue weighted by molar-refractivity contribution is 7.26. The maximum absolute atomic E-state index is 10.7. The van der Waals surface area contributed by atoms with Crippen molar-refractivity contribution in [2.75, 3.05) is 0 Å². The Labute approximate surface area is 353 Å². The van der Waals surface area contributed by atoms with E-state index in [-0.39, 0.29) is 28.1 Å². The molecular formula is C54H36N2SSi. The Hall–Kier alpha value is -6.98. The molecule has 0 aliphatic carbocycles. The van der Waals surface area contributed by atoms with Crippen molar-refractivity contribution in [3.8, 4) is 11.4 Å². The zero-order valence-corrected chi connectivity index (χ0v) is 32.7. The average Bonchev–Trinajstić information content (AvgIpc) is 4.02. The molecule has 0 unspecified atom stereocenters. The Bertz CT molecular complexity index is 3930. The molecule has 0 spiro atoms. The van der Waals surface area contributed by atoms with Crippen LogP contribution in [-0.4, -0.2) is 17.2 Å². The Morgan fingerprint density at radius 3 is 1.59 bits per heavy atom. The first-order valence-electron chi connectivity index (χ1n) is 23.7. The fourth-order valence-electron chi connectivity index (χ4n) is 9.22. The van der Waals surface area contributed by atoms with Gasteiger partial charge in [-0.1, -0.05) is 176 Å². The summed E-state index contributed by atoms with van der Waals surface area (Å²) in [4.78, 5) is 0. The summed E-state index contributed by atoms with van der Waals surface area (Å²) in [5.74, 6) is 0. The van der Waals surface area contributed by atoms with Crippen molar-refractivity contribution >= 4 is 104 Å². The predicted molar refractivity (Wildman–Crippen MR) is 252 cm³/mol. The first-order chi connectivity index (χ1) is 32.5. The third-order valence-corrected chi connectivity index (χ3v) is 17.2. The summed E-state index contributed by atoms with van der Waals surface area (Å²) >= 11 is 1.67. The molecule has 0 aliphatic heterocycles. The van der Waals surface area contributed by atoms with E-state index in [2.05, 4.69) is 71.3 Å². The molecule has 12 aromatic rings. The molecule has 3 heterocycles. The number of hydrogen-bond donors (Lipinski definition) is 0. The smallest absolute Gasteiger partial charge is 0.179 e. The van der Waals surface area contributed by atoms with Gasteiger partial charge in [0.2, 0.25) is 0 Å². The van der Waals surface area contributed by atoms with Crippen molar-refractivity contribution in [1.29, 1.82) is 0 Å². The van der Waals surface area contributed by atoms with Crippen molar-refractivity contribution < 1.29 is 12.3 Å². The monoisotopic (exact) mass is 781 g/mol. The summed E-state index contributed by atoms with van der Waals surface area (Å²) in [5, 5.41) is 7.03. The number of hydrogen-bond acceptors (Lipinski definition) is 1. The second kappa shape index (κ2) is 13.0. The van der Waals surface area contributed by atoms with Crippen LogP contribution in [0, 0.1) is 0 Å². The lowest BCUT2D eigenvalue weighted by atomic mass is 10.1. The quantitative estimate of drug-likeness (QED) is 0.117. The number of aromatic nitrogens is 2. The van der Waals surface area contributed by atoms with Crippen molar-refractivity contribution in [2.45, 2.75) is 0 Å². The van der Waals surface area contributed by atoms with Gasteiger partial charge in [0.15, 0.2) is 8.07 Å². The van der Waals surface area contributed by atoms with Gasteiger partial charge in [-0.15, -0.1) is 11.3 Å². The highest BCUT2D eigenvalue weighted by Crippen LogP contribution is 2.47. The topological polar surface area (TPSA) is 9.86 Å². The summed E-state index contributed by atoms with van der Waals surface area (Å²) in [6, 6.07) is 49.5. The van der Waals surface area contributed by atoms with Crippen LogP contribution >= 0.6 is 11.3 Å². The molecule has 0 N–H and O–H groups in total. The van der Waals surface area contributed by atoms with Gasteiger partial charge in [0.05, 0.1) is 44.8 Å². The molecule has 3 aromatic heterocycles. The largest absolute Gasteiger partial charge is 0.309 e. The minimum absolute atomic E-state index is 0.0229. The molecule has 0 aliphatic rings. The van der Waals surface area contributed by atoms with Crippen LogP contribution in [0.4, 0.5) is 0 Å². The molecule has 0 amide bonds. The van der Waals surface area contributed by atoms with E-state index < -0.39 is 50.4 Å². The standard InChI is InChI=1S/C54H36N2SSi/c1-4-20-38(21-5-1)58(39-22-6-2-7-23-39,40-24-8-3-9-25-40)41-26-18-19-37(35-41)55-47-31-14-12-29-44(47)46-36-50(54-52(53(46)55)45-30-13-17-34-51(45)57-54)56-48-32-15-10-27-42(48)43-28-11-16-33-49(43)56/h1-36H/i1D,4D,5D,18D,19D,20D,21D,26D,35D. The number of nitrogens with zero attached hydrogens (tertiary/aromatic N) is 2. The van der Waals surface area contributed by atoms with Crippen LogP contribution in [-0.2, 0) is 0 Å². The van der Waals surface area contributed by atoms with Gasteiger partial charge in [-0.3, -0.25) is 0 Å². The molecule has 0 atom stereocenters. The summed E-state index contributed by atoms with van der Waals surface area (Å²) in [7, 11) is -4.37. The molecule has 272 valence electrons. The first kappa shape index (κ1) is 25.3. The first-order valence-corrected chi connectivity index (χ1v) is 22.0. The van der Waals surface area contributed by atoms with Gasteiger partial charge < -0.3 is 9.13 Å². The molecule has 2 nitrogen and oxygen atoms in total. The van der Waals surface area contributed by atoms with E-state index in [0.29, 0.717) is 15.9 Å². The molecule has 0 saturated heterocycles. The SMILES string of the molecule is [2H]c1c([2H])c([2H])c([Si](c2ccccc2)(c2ccccc2)c2c([2H])c([2H])c([2H])c(-n3c4ccccc4c4cc(-n5c6ccccc6c6ccccc65)c5sc6ccccc6c5c43)c2[2H])c([2H])c1[2H]. The molecule has 58 heavy (non-hydrogen) atoms. The van der Waals surface area contributed by atoms with Crippen molar-refractivity contribution in [2.24, 2.45) is 0 Å². The Morgan fingerprint density at radius 2 is 0.948 bits per heavy atom. The number of para-hydroxylation sites is 3. The van der Waals surface area contributed by atoms with E-state index in [1.807, 2.05) is 102 Å². The predicted octanol–water partition coefficient (Wildman–Crippen LogP) is 11.6. The maximum Gasteiger partial charge on any atom is 0.179 e. The number of benzene rings is 9. The zero-order valence-electron chi connectivity index (χ0n) is 39.9. The lowest BCUT2D eigenvalue weighted by Gasteiger charge is -2.34. The van der Waals surface area contributed by atoms with E-state index in [0.717, 1.165) is 64.0 Å². The molecular weight excluding hydrogens is 737 g/mol. The Morgan fingerprint density at radius 1 is 0.431 bits per heavy atom. The van der Waals surface area contributed by atoms with E-state index >= 15 is 0 Å². The van der Waals surface area contributed by atoms with E-state index in [1.54, 1.807) is 11.3 Å². The normalized spacial score (nSPS) is 14.3. The number of fused-ring (bicyclic) bond motifs is 10. The highest BCUT2D eigenvalue weighted by Gasteiger charge is 2.41. The molecule has 4 heteroatoms. The van der Waals surface area contributed by atoms with E-state index in [1.165, 1.54) is 0 Å².